The van der Waals surface area contributed by atoms with Gasteiger partial charge in [-0.15, -0.1) is 0 Å². The van der Waals surface area contributed by atoms with Gasteiger partial charge in [0, 0.05) is 7.05 Å². The van der Waals surface area contributed by atoms with Crippen LogP contribution in [0.1, 0.15) is 34.2 Å². The molecule has 0 saturated carbocycles. The molecule has 0 aliphatic heterocycles. The van der Waals surface area contributed by atoms with Crippen molar-refractivity contribution in [2.45, 2.75) is 26.9 Å². The first-order valence-electron chi connectivity index (χ1n) is 5.74. The van der Waals surface area contributed by atoms with Crippen LogP contribution in [0.2, 0.25) is 0 Å². The minimum absolute atomic E-state index is 0.611. The summed E-state index contributed by atoms with van der Waals surface area (Å²) in [6, 6.07) is 8.05. The molecule has 0 aliphatic carbocycles. The van der Waals surface area contributed by atoms with E-state index in [1.54, 1.807) is 4.68 Å². The van der Waals surface area contributed by atoms with E-state index < -0.39 is 6.10 Å². The van der Waals surface area contributed by atoms with E-state index in [0.717, 1.165) is 28.1 Å². The normalized spacial score (nSPS) is 12.8. The molecule has 1 N–H and O–H groups in total. The molecule has 3 heteroatoms. The molecule has 17 heavy (non-hydrogen) atoms. The Morgan fingerprint density at radius 1 is 1.06 bits per heavy atom. The highest BCUT2D eigenvalue weighted by atomic mass is 16.3. The number of hydrogen-bond acceptors (Lipinski definition) is 2. The minimum atomic E-state index is -0.611. The van der Waals surface area contributed by atoms with E-state index in [1.807, 2.05) is 46.0 Å². The fourth-order valence-corrected chi connectivity index (χ4v) is 2.23. The van der Waals surface area contributed by atoms with E-state index in [-0.39, 0.29) is 0 Å². The van der Waals surface area contributed by atoms with Gasteiger partial charge in [-0.2, -0.15) is 5.10 Å². The molecule has 2 aromatic rings. The molecule has 0 radical (unpaired) electrons. The van der Waals surface area contributed by atoms with Crippen molar-refractivity contribution in [1.29, 1.82) is 0 Å². The monoisotopic (exact) mass is 230 g/mol. The molecule has 0 saturated heterocycles. The summed E-state index contributed by atoms with van der Waals surface area (Å²) in [7, 11) is 1.86. The highest BCUT2D eigenvalue weighted by molar-refractivity contribution is 5.33. The highest BCUT2D eigenvalue weighted by Crippen LogP contribution is 2.24. The minimum Gasteiger partial charge on any atom is -0.382 e. The first-order chi connectivity index (χ1) is 7.97. The number of benzene rings is 1. The Bertz CT molecular complexity index is 523. The van der Waals surface area contributed by atoms with Crippen molar-refractivity contribution in [3.63, 3.8) is 0 Å². The van der Waals surface area contributed by atoms with Gasteiger partial charge in [-0.05, 0) is 32.4 Å². The van der Waals surface area contributed by atoms with E-state index >= 15 is 0 Å². The molecule has 0 spiro atoms. The van der Waals surface area contributed by atoms with E-state index in [9.17, 15) is 5.11 Å². The second-order valence-electron chi connectivity index (χ2n) is 4.66. The van der Waals surface area contributed by atoms with Crippen molar-refractivity contribution in [3.8, 4) is 0 Å². The molecule has 1 aromatic carbocycles. The van der Waals surface area contributed by atoms with Gasteiger partial charge in [-0.3, -0.25) is 4.68 Å². The highest BCUT2D eigenvalue weighted by Gasteiger charge is 2.15. The molecule has 0 amide bonds. The lowest BCUT2D eigenvalue weighted by molar-refractivity contribution is 0.209. The fraction of sp³-hybridized carbons (Fsp3) is 0.357. The summed E-state index contributed by atoms with van der Waals surface area (Å²) in [5, 5.41) is 14.6. The Morgan fingerprint density at radius 3 is 2.12 bits per heavy atom. The van der Waals surface area contributed by atoms with E-state index in [1.165, 1.54) is 0 Å². The molecular weight excluding hydrogens is 212 g/mol. The largest absolute Gasteiger partial charge is 0.382 e. The Kier molecular flexibility index (Phi) is 3.03. The smallest absolute Gasteiger partial charge is 0.121 e. The fourth-order valence-electron chi connectivity index (χ4n) is 2.23. The first kappa shape index (κ1) is 11.9. The maximum absolute atomic E-state index is 10.4. The average Bonchev–Trinajstić information content (AvgIpc) is 2.55. The zero-order chi connectivity index (χ0) is 12.6. The van der Waals surface area contributed by atoms with Gasteiger partial charge in [0.1, 0.15) is 6.10 Å². The number of nitrogens with zero attached hydrogens (tertiary/aromatic N) is 2. The summed E-state index contributed by atoms with van der Waals surface area (Å²) >= 11 is 0. The summed E-state index contributed by atoms with van der Waals surface area (Å²) in [4.78, 5) is 0. The molecule has 3 nitrogen and oxygen atoms in total. The predicted octanol–water partition coefficient (Wildman–Crippen LogP) is 2.43. The molecular formula is C14H18N2O. The van der Waals surface area contributed by atoms with E-state index in [0.29, 0.717) is 0 Å². The van der Waals surface area contributed by atoms with Crippen molar-refractivity contribution in [2.75, 3.05) is 0 Å². The van der Waals surface area contributed by atoms with Crippen LogP contribution < -0.4 is 0 Å². The number of hydrogen-bond donors (Lipinski definition) is 1. The Hall–Kier alpha value is -1.61. The maximum atomic E-state index is 10.4. The molecule has 1 unspecified atom stereocenters. The lowest BCUT2D eigenvalue weighted by atomic mass is 10.0. The van der Waals surface area contributed by atoms with Gasteiger partial charge in [0.05, 0.1) is 11.4 Å². The Morgan fingerprint density at radius 2 is 1.65 bits per heavy atom. The van der Waals surface area contributed by atoms with Crippen molar-refractivity contribution in [2.24, 2.45) is 7.05 Å². The van der Waals surface area contributed by atoms with Gasteiger partial charge in [0.15, 0.2) is 0 Å². The third kappa shape index (κ3) is 2.39. The van der Waals surface area contributed by atoms with Crippen LogP contribution >= 0.6 is 0 Å². The van der Waals surface area contributed by atoms with Crippen molar-refractivity contribution in [3.05, 3.63) is 52.3 Å². The molecule has 1 heterocycles. The molecule has 1 aromatic heterocycles. The topological polar surface area (TPSA) is 38.1 Å². The van der Waals surface area contributed by atoms with Crippen LogP contribution in [0.3, 0.4) is 0 Å². The Balaban J connectivity index is 2.43. The zero-order valence-corrected chi connectivity index (χ0v) is 10.7. The lowest BCUT2D eigenvalue weighted by Crippen LogP contribution is -2.07. The number of aliphatic hydroxyl groups excluding tert-OH is 1. The lowest BCUT2D eigenvalue weighted by Gasteiger charge is -2.13. The van der Waals surface area contributed by atoms with E-state index in [4.69, 9.17) is 0 Å². The molecule has 0 fully saturated rings. The second-order valence-corrected chi connectivity index (χ2v) is 4.66. The van der Waals surface area contributed by atoms with E-state index in [2.05, 4.69) is 11.2 Å². The number of rotatable bonds is 2. The van der Waals surface area contributed by atoms with Gasteiger partial charge >= 0.3 is 0 Å². The standard InChI is InChI=1S/C14H18N2O/c1-9-5-10(2)7-12(6-9)14(17)13-8-11(3)15-16(13)4/h5-8,14,17H,1-4H3. The van der Waals surface area contributed by atoms with Gasteiger partial charge in [0.2, 0.25) is 0 Å². The molecule has 2 rings (SSSR count). The number of aryl methyl sites for hydroxylation is 4. The SMILES string of the molecule is Cc1cc(C)cc(C(O)c2cc(C)nn2C)c1. The molecule has 0 aliphatic rings. The number of aliphatic hydroxyl groups is 1. The second kappa shape index (κ2) is 4.34. The number of aromatic nitrogens is 2. The summed E-state index contributed by atoms with van der Waals surface area (Å²) in [5.74, 6) is 0. The van der Waals surface area contributed by atoms with Crippen molar-refractivity contribution >= 4 is 0 Å². The van der Waals surface area contributed by atoms with Crippen molar-refractivity contribution < 1.29 is 5.11 Å². The summed E-state index contributed by atoms with van der Waals surface area (Å²) < 4.78 is 1.73. The van der Waals surface area contributed by atoms with Crippen LogP contribution in [0.5, 0.6) is 0 Å². The van der Waals surface area contributed by atoms with Gasteiger partial charge in [0.25, 0.3) is 0 Å². The molecule has 90 valence electrons. The predicted molar refractivity (Wildman–Crippen MR) is 67.9 cm³/mol. The maximum Gasteiger partial charge on any atom is 0.121 e. The summed E-state index contributed by atoms with van der Waals surface area (Å²) in [5.41, 5.74) is 5.00. The molecule has 0 bridgehead atoms. The van der Waals surface area contributed by atoms with Crippen LogP contribution in [0, 0.1) is 20.8 Å². The Labute approximate surface area is 102 Å². The summed E-state index contributed by atoms with van der Waals surface area (Å²) in [6.45, 7) is 6.01. The van der Waals surface area contributed by atoms with Gasteiger partial charge in [-0.25, -0.2) is 0 Å². The third-order valence-electron chi connectivity index (χ3n) is 2.88. The first-order valence-corrected chi connectivity index (χ1v) is 5.74. The summed E-state index contributed by atoms with van der Waals surface area (Å²) in [6.07, 6.45) is -0.611. The van der Waals surface area contributed by atoms with Gasteiger partial charge in [-0.1, -0.05) is 29.3 Å². The average molecular weight is 230 g/mol. The van der Waals surface area contributed by atoms with Crippen LogP contribution in [-0.2, 0) is 7.05 Å². The van der Waals surface area contributed by atoms with Crippen LogP contribution in [0.15, 0.2) is 24.3 Å². The van der Waals surface area contributed by atoms with Gasteiger partial charge < -0.3 is 5.11 Å². The van der Waals surface area contributed by atoms with Crippen LogP contribution in [0.25, 0.3) is 0 Å². The van der Waals surface area contributed by atoms with Crippen LogP contribution in [-0.4, -0.2) is 14.9 Å². The quantitative estimate of drug-likeness (QED) is 0.860. The van der Waals surface area contributed by atoms with Crippen molar-refractivity contribution in [1.82, 2.24) is 9.78 Å². The third-order valence-corrected chi connectivity index (χ3v) is 2.88. The van der Waals surface area contributed by atoms with Crippen LogP contribution in [0.4, 0.5) is 0 Å². The zero-order valence-electron chi connectivity index (χ0n) is 10.7. The molecule has 1 atom stereocenters.